The molecule has 0 amide bonds. The molecule has 1 saturated carbocycles. The second-order valence-corrected chi connectivity index (χ2v) is 10.9. The molecular formula is C29H33ClN6O2. The second-order valence-electron chi connectivity index (χ2n) is 10.5. The van der Waals surface area contributed by atoms with Crippen molar-refractivity contribution in [3.05, 3.63) is 67.6 Å². The fourth-order valence-corrected chi connectivity index (χ4v) is 5.59. The van der Waals surface area contributed by atoms with Crippen LogP contribution in [-0.2, 0) is 6.54 Å². The van der Waals surface area contributed by atoms with Crippen LogP contribution in [-0.4, -0.2) is 33.8 Å². The number of aromatic nitrogens is 3. The highest BCUT2D eigenvalue weighted by atomic mass is 35.5. The summed E-state index contributed by atoms with van der Waals surface area (Å²) in [6, 6.07) is 8.01. The van der Waals surface area contributed by atoms with Gasteiger partial charge in [-0.05, 0) is 75.2 Å². The zero-order valence-corrected chi connectivity index (χ0v) is 22.6. The Morgan fingerprint density at radius 3 is 2.66 bits per heavy atom. The summed E-state index contributed by atoms with van der Waals surface area (Å²) in [6.07, 6.45) is 8.35. The van der Waals surface area contributed by atoms with Crippen LogP contribution in [0.15, 0.2) is 50.0 Å². The van der Waals surface area contributed by atoms with Crippen molar-refractivity contribution >= 4 is 17.7 Å². The molecule has 2 fully saturated rings. The summed E-state index contributed by atoms with van der Waals surface area (Å²) in [6.45, 7) is 6.51. The van der Waals surface area contributed by atoms with Gasteiger partial charge in [0.05, 0.1) is 0 Å². The van der Waals surface area contributed by atoms with E-state index >= 15 is 0 Å². The van der Waals surface area contributed by atoms with Gasteiger partial charge in [0.2, 0.25) is 11.7 Å². The first-order valence-electron chi connectivity index (χ1n) is 13.6. The van der Waals surface area contributed by atoms with Gasteiger partial charge in [-0.25, -0.2) is 4.99 Å². The van der Waals surface area contributed by atoms with Gasteiger partial charge < -0.3 is 15.2 Å². The van der Waals surface area contributed by atoms with Gasteiger partial charge in [0.25, 0.3) is 5.56 Å². The first-order valence-corrected chi connectivity index (χ1v) is 14.0. The number of benzene rings is 1. The lowest BCUT2D eigenvalue weighted by molar-refractivity contribution is 0.325. The maximum absolute atomic E-state index is 14.2. The predicted octanol–water partition coefficient (Wildman–Crippen LogP) is 3.70. The topological polar surface area (TPSA) is 97.3 Å². The Balaban J connectivity index is 1.50. The molecule has 0 atom stereocenters. The second kappa shape index (κ2) is 10.5. The van der Waals surface area contributed by atoms with Crippen molar-refractivity contribution in [1.29, 1.82) is 0 Å². The van der Waals surface area contributed by atoms with Crippen molar-refractivity contribution in [3.8, 4) is 22.5 Å². The van der Waals surface area contributed by atoms with E-state index in [1.807, 2.05) is 22.8 Å². The van der Waals surface area contributed by atoms with Gasteiger partial charge in [0.1, 0.15) is 11.3 Å². The first kappa shape index (κ1) is 25.1. The summed E-state index contributed by atoms with van der Waals surface area (Å²) in [5.41, 5.74) is 3.98. The van der Waals surface area contributed by atoms with E-state index in [-0.39, 0.29) is 5.56 Å². The van der Waals surface area contributed by atoms with E-state index in [1.165, 1.54) is 18.4 Å². The molecule has 8 nitrogen and oxygen atoms in total. The summed E-state index contributed by atoms with van der Waals surface area (Å²) in [7, 11) is 0. The van der Waals surface area contributed by atoms with Crippen LogP contribution in [0.2, 0.25) is 5.02 Å². The predicted molar refractivity (Wildman–Crippen MR) is 148 cm³/mol. The molecule has 3 aromatic rings. The molecule has 2 aliphatic heterocycles. The van der Waals surface area contributed by atoms with Crippen molar-refractivity contribution in [3.63, 3.8) is 0 Å². The zero-order valence-electron chi connectivity index (χ0n) is 21.9. The van der Waals surface area contributed by atoms with Gasteiger partial charge in [-0.3, -0.25) is 9.36 Å². The number of hydrogen-bond acceptors (Lipinski definition) is 7. The van der Waals surface area contributed by atoms with Crippen LogP contribution in [0.4, 0.5) is 0 Å². The number of nitrogens with zero attached hydrogens (tertiary/aromatic N) is 4. The van der Waals surface area contributed by atoms with Crippen molar-refractivity contribution in [2.24, 2.45) is 10.9 Å². The Labute approximate surface area is 226 Å². The van der Waals surface area contributed by atoms with Crippen LogP contribution in [0.5, 0.6) is 0 Å². The van der Waals surface area contributed by atoms with Gasteiger partial charge in [0.15, 0.2) is 0 Å². The molecule has 0 radical (unpaired) electrons. The largest absolute Gasteiger partial charge is 0.367 e. The molecule has 0 bridgehead atoms. The number of allylic oxidation sites excluding steroid dienone is 1. The Morgan fingerprint density at radius 1 is 1.16 bits per heavy atom. The lowest BCUT2D eigenvalue weighted by Crippen LogP contribution is -2.46. The monoisotopic (exact) mass is 532 g/mol. The molecule has 38 heavy (non-hydrogen) atoms. The van der Waals surface area contributed by atoms with E-state index in [0.29, 0.717) is 46.4 Å². The third kappa shape index (κ3) is 5.07. The number of pyridine rings is 1. The number of piperidine rings is 1. The molecule has 3 aliphatic rings. The maximum Gasteiger partial charge on any atom is 0.260 e. The fraction of sp³-hybridized carbons (Fsp3) is 0.448. The summed E-state index contributed by atoms with van der Waals surface area (Å²) >= 11 is 6.79. The molecule has 0 spiro atoms. The molecule has 1 aliphatic carbocycles. The van der Waals surface area contributed by atoms with Gasteiger partial charge >= 0.3 is 0 Å². The van der Waals surface area contributed by atoms with Crippen molar-refractivity contribution in [2.45, 2.75) is 65.0 Å². The number of halogens is 1. The van der Waals surface area contributed by atoms with Crippen LogP contribution in [0, 0.1) is 12.8 Å². The van der Waals surface area contributed by atoms with E-state index in [9.17, 15) is 4.79 Å². The lowest BCUT2D eigenvalue weighted by Gasteiger charge is -2.24. The zero-order chi connectivity index (χ0) is 26.2. The van der Waals surface area contributed by atoms with Gasteiger partial charge in [0, 0.05) is 46.4 Å². The van der Waals surface area contributed by atoms with E-state index in [2.05, 4.69) is 33.8 Å². The molecule has 2 aromatic heterocycles. The Bertz CT molecular complexity index is 1580. The molecule has 2 N–H and O–H groups in total. The normalized spacial score (nSPS) is 18.0. The van der Waals surface area contributed by atoms with Crippen LogP contribution in [0.25, 0.3) is 28.6 Å². The number of hydrogen-bond donors (Lipinski definition) is 2. The minimum atomic E-state index is -0.0600. The quantitative estimate of drug-likeness (QED) is 0.481. The molecule has 198 valence electrons. The minimum Gasteiger partial charge on any atom is -0.367 e. The molecule has 6 rings (SSSR count). The highest BCUT2D eigenvalue weighted by Gasteiger charge is 2.24. The van der Waals surface area contributed by atoms with E-state index in [4.69, 9.17) is 21.1 Å². The average molecular weight is 533 g/mol. The van der Waals surface area contributed by atoms with Crippen molar-refractivity contribution in [2.75, 3.05) is 13.1 Å². The number of fused-ring (bicyclic) bond motifs is 1. The summed E-state index contributed by atoms with van der Waals surface area (Å²) in [4.78, 5) is 23.6. The smallest absolute Gasteiger partial charge is 0.260 e. The van der Waals surface area contributed by atoms with E-state index in [1.54, 1.807) is 13.0 Å². The number of rotatable bonds is 7. The lowest BCUT2D eigenvalue weighted by atomic mass is 9.97. The number of nitrogens with one attached hydrogen (secondary N) is 2. The molecule has 0 unspecified atom stereocenters. The van der Waals surface area contributed by atoms with E-state index < -0.39 is 0 Å². The Kier molecular flexibility index (Phi) is 6.93. The maximum atomic E-state index is 14.2. The molecular weight excluding hydrogens is 500 g/mol. The Hall–Kier alpha value is -3.23. The Morgan fingerprint density at radius 2 is 1.97 bits per heavy atom. The molecule has 1 aromatic carbocycles. The summed E-state index contributed by atoms with van der Waals surface area (Å²) in [5, 5.41) is 12.5. The first-order chi connectivity index (χ1) is 18.5. The highest BCUT2D eigenvalue weighted by Crippen LogP contribution is 2.30. The standard InChI is InChI=1S/C29H33ClN6O2/c1-3-19-4-5-21-14-24(23-9-6-20(15-25(23)30)27-32-17(2)38-35-27)29(37)36(16-18-10-12-31-13-11-18)28(21)34-26(19)33-22-7-8-22/h5-6,9,14-15,18,22,31,33H,3-4,7-8,10-13,16H2,1-2H3. The minimum absolute atomic E-state index is 0.0600. The van der Waals surface area contributed by atoms with Crippen LogP contribution >= 0.6 is 11.6 Å². The van der Waals surface area contributed by atoms with Gasteiger partial charge in [-0.1, -0.05) is 41.9 Å². The SMILES string of the molecule is CCC1=C(NC2CC2)N=c2c(cc(-c3ccc(-c4noc(C)n4)cc3Cl)c(=O)n2CC2CCNCC2)=CC1. The molecule has 1 saturated heterocycles. The van der Waals surface area contributed by atoms with Crippen LogP contribution < -0.4 is 26.9 Å². The van der Waals surface area contributed by atoms with Gasteiger partial charge in [-0.15, -0.1) is 0 Å². The summed E-state index contributed by atoms with van der Waals surface area (Å²) in [5.74, 6) is 2.32. The fourth-order valence-electron chi connectivity index (χ4n) is 5.31. The van der Waals surface area contributed by atoms with Crippen LogP contribution in [0.3, 0.4) is 0 Å². The van der Waals surface area contributed by atoms with Crippen molar-refractivity contribution in [1.82, 2.24) is 25.3 Å². The average Bonchev–Trinajstić information content (AvgIpc) is 3.67. The molecule has 9 heteroatoms. The number of aryl methyl sites for hydroxylation is 1. The summed E-state index contributed by atoms with van der Waals surface area (Å²) < 4.78 is 7.02. The van der Waals surface area contributed by atoms with Gasteiger partial charge in [-0.2, -0.15) is 4.98 Å². The molecule has 4 heterocycles. The van der Waals surface area contributed by atoms with Crippen LogP contribution in [0.1, 0.15) is 51.3 Å². The highest BCUT2D eigenvalue weighted by molar-refractivity contribution is 6.33. The van der Waals surface area contributed by atoms with Crippen molar-refractivity contribution < 1.29 is 4.52 Å². The third-order valence-electron chi connectivity index (χ3n) is 7.70. The third-order valence-corrected chi connectivity index (χ3v) is 8.01. The van der Waals surface area contributed by atoms with E-state index in [0.717, 1.165) is 60.9 Å².